The van der Waals surface area contributed by atoms with E-state index in [0.29, 0.717) is 0 Å². The number of hydrogen-bond donors (Lipinski definition) is 4. The van der Waals surface area contributed by atoms with Gasteiger partial charge in [0.25, 0.3) is 10.0 Å². The van der Waals surface area contributed by atoms with Crippen molar-refractivity contribution in [3.63, 3.8) is 0 Å². The van der Waals surface area contributed by atoms with E-state index < -0.39 is 21.7 Å². The predicted octanol–water partition coefficient (Wildman–Crippen LogP) is 0.614. The monoisotopic (exact) mass is 283 g/mol. The number of carboxylic acids is 1. The van der Waals surface area contributed by atoms with E-state index in [9.17, 15) is 18.3 Å². The maximum atomic E-state index is 11.8. The molecule has 0 unspecified atom stereocenters. The minimum Gasteiger partial charge on any atom is -0.506 e. The summed E-state index contributed by atoms with van der Waals surface area (Å²) in [5.41, 5.74) is -0.276. The Hall–Kier alpha value is -2.55. The van der Waals surface area contributed by atoms with Crippen LogP contribution in [0.15, 0.2) is 35.7 Å². The van der Waals surface area contributed by atoms with Crippen LogP contribution in [0.3, 0.4) is 0 Å². The molecule has 0 saturated heterocycles. The Balaban J connectivity index is 2.32. The molecule has 1 aromatic heterocycles. The number of nitrogens with one attached hydrogen (secondary N) is 2. The number of phenolic OH excluding ortho intramolecular Hbond substituents is 1. The number of benzene rings is 1. The first-order valence-electron chi connectivity index (χ1n) is 4.97. The molecule has 0 amide bonds. The number of sulfonamides is 1. The number of anilines is 1. The number of phenols is 1. The lowest BCUT2D eigenvalue weighted by Crippen LogP contribution is -2.13. The third kappa shape index (κ3) is 2.65. The molecular formula is C10H9N3O5S. The van der Waals surface area contributed by atoms with E-state index in [1.165, 1.54) is 12.4 Å². The topological polar surface area (TPSA) is 132 Å². The van der Waals surface area contributed by atoms with Gasteiger partial charge in [0.2, 0.25) is 0 Å². The fraction of sp³-hybridized carbons (Fsp3) is 0. The maximum Gasteiger partial charge on any atom is 0.335 e. The second-order valence-electron chi connectivity index (χ2n) is 3.56. The summed E-state index contributed by atoms with van der Waals surface area (Å²) in [7, 11) is -3.90. The first-order chi connectivity index (χ1) is 8.90. The van der Waals surface area contributed by atoms with Gasteiger partial charge in [-0.2, -0.15) is 8.42 Å². The molecule has 2 aromatic rings. The van der Waals surface area contributed by atoms with Crippen LogP contribution < -0.4 is 4.72 Å². The zero-order valence-corrected chi connectivity index (χ0v) is 10.2. The number of carbonyl (C=O) groups is 1. The van der Waals surface area contributed by atoms with Gasteiger partial charge in [-0.3, -0.25) is 4.72 Å². The van der Waals surface area contributed by atoms with E-state index in [0.717, 1.165) is 18.3 Å². The van der Waals surface area contributed by atoms with Crippen molar-refractivity contribution >= 4 is 21.7 Å². The molecule has 1 aromatic carbocycles. The second-order valence-corrected chi connectivity index (χ2v) is 5.21. The molecule has 0 aliphatic heterocycles. The van der Waals surface area contributed by atoms with Gasteiger partial charge in [-0.25, -0.2) is 9.78 Å². The Morgan fingerprint density at radius 2 is 2.11 bits per heavy atom. The molecule has 0 aliphatic carbocycles. The summed E-state index contributed by atoms with van der Waals surface area (Å²) in [6, 6.07) is 3.28. The average molecular weight is 283 g/mol. The number of hydrogen-bond acceptors (Lipinski definition) is 5. The molecule has 0 fully saturated rings. The lowest BCUT2D eigenvalue weighted by Gasteiger charge is -2.08. The van der Waals surface area contributed by atoms with E-state index in [2.05, 4.69) is 14.7 Å². The van der Waals surface area contributed by atoms with Gasteiger partial charge in [0.1, 0.15) is 5.75 Å². The molecule has 19 heavy (non-hydrogen) atoms. The molecule has 0 aliphatic rings. The molecule has 4 N–H and O–H groups in total. The molecule has 0 bridgehead atoms. The number of rotatable bonds is 4. The highest BCUT2D eigenvalue weighted by atomic mass is 32.2. The van der Waals surface area contributed by atoms with Gasteiger partial charge < -0.3 is 15.2 Å². The summed E-state index contributed by atoms with van der Waals surface area (Å²) < 4.78 is 25.8. The van der Waals surface area contributed by atoms with Crippen molar-refractivity contribution in [2.45, 2.75) is 5.03 Å². The van der Waals surface area contributed by atoms with Crippen molar-refractivity contribution in [2.75, 3.05) is 4.72 Å². The van der Waals surface area contributed by atoms with Gasteiger partial charge in [0.15, 0.2) is 5.03 Å². The highest BCUT2D eigenvalue weighted by Gasteiger charge is 2.18. The van der Waals surface area contributed by atoms with Crippen LogP contribution in [0.4, 0.5) is 5.69 Å². The molecule has 8 nitrogen and oxygen atoms in total. The number of H-pyrrole nitrogens is 1. The summed E-state index contributed by atoms with van der Waals surface area (Å²) in [5.74, 6) is -1.71. The van der Waals surface area contributed by atoms with Crippen molar-refractivity contribution < 1.29 is 23.4 Å². The fourth-order valence-electron chi connectivity index (χ4n) is 1.34. The van der Waals surface area contributed by atoms with Crippen LogP contribution in [0.1, 0.15) is 10.4 Å². The molecule has 9 heteroatoms. The number of aromatic hydroxyl groups is 1. The Morgan fingerprint density at radius 1 is 1.37 bits per heavy atom. The quantitative estimate of drug-likeness (QED) is 0.608. The van der Waals surface area contributed by atoms with Gasteiger partial charge in [0.05, 0.1) is 23.8 Å². The van der Waals surface area contributed by atoms with Crippen LogP contribution in [0.5, 0.6) is 5.75 Å². The number of aromatic carboxylic acids is 1. The van der Waals surface area contributed by atoms with Crippen molar-refractivity contribution in [3.8, 4) is 5.75 Å². The van der Waals surface area contributed by atoms with Crippen LogP contribution in [-0.2, 0) is 10.0 Å². The van der Waals surface area contributed by atoms with E-state index in [-0.39, 0.29) is 16.3 Å². The first kappa shape index (κ1) is 12.9. The summed E-state index contributed by atoms with van der Waals surface area (Å²) in [6.45, 7) is 0. The van der Waals surface area contributed by atoms with E-state index in [4.69, 9.17) is 5.11 Å². The first-order valence-corrected chi connectivity index (χ1v) is 6.46. The summed E-state index contributed by atoms with van der Waals surface area (Å²) >= 11 is 0. The van der Waals surface area contributed by atoms with Gasteiger partial charge in [0, 0.05) is 0 Å². The third-order valence-electron chi connectivity index (χ3n) is 2.25. The maximum absolute atomic E-state index is 11.8. The Bertz CT molecular complexity index is 709. The largest absolute Gasteiger partial charge is 0.506 e. The van der Waals surface area contributed by atoms with Crippen molar-refractivity contribution in [2.24, 2.45) is 0 Å². The highest BCUT2D eigenvalue weighted by Crippen LogP contribution is 2.26. The molecule has 0 radical (unpaired) electrons. The summed E-state index contributed by atoms with van der Waals surface area (Å²) in [6.07, 6.45) is 2.30. The molecule has 0 saturated carbocycles. The average Bonchev–Trinajstić information content (AvgIpc) is 2.85. The van der Waals surface area contributed by atoms with Crippen LogP contribution in [0.2, 0.25) is 0 Å². The minimum atomic E-state index is -3.90. The van der Waals surface area contributed by atoms with Crippen LogP contribution in [0.25, 0.3) is 0 Å². The Kier molecular flexibility index (Phi) is 3.13. The number of aromatic nitrogens is 2. The minimum absolute atomic E-state index is 0.125. The van der Waals surface area contributed by atoms with Crippen LogP contribution in [-0.4, -0.2) is 34.6 Å². The standard InChI is InChI=1S/C10H9N3O5S/c14-8-3-6(10(15)16)1-2-7(8)13-19(17,18)9-4-11-5-12-9/h1-5,13-14H,(H,11,12)(H,15,16). The zero-order chi connectivity index (χ0) is 14.0. The Morgan fingerprint density at radius 3 is 2.63 bits per heavy atom. The summed E-state index contributed by atoms with van der Waals surface area (Å²) in [5, 5.41) is 18.1. The molecule has 1 heterocycles. The van der Waals surface area contributed by atoms with E-state index >= 15 is 0 Å². The summed E-state index contributed by atoms with van der Waals surface area (Å²) in [4.78, 5) is 16.7. The van der Waals surface area contributed by atoms with Crippen molar-refractivity contribution in [1.82, 2.24) is 9.97 Å². The van der Waals surface area contributed by atoms with Crippen molar-refractivity contribution in [1.29, 1.82) is 0 Å². The molecule has 0 spiro atoms. The molecule has 0 atom stereocenters. The van der Waals surface area contributed by atoms with E-state index in [1.54, 1.807) is 0 Å². The van der Waals surface area contributed by atoms with E-state index in [1.807, 2.05) is 0 Å². The molecular weight excluding hydrogens is 274 g/mol. The smallest absolute Gasteiger partial charge is 0.335 e. The number of nitrogens with zero attached hydrogens (tertiary/aromatic N) is 1. The van der Waals surface area contributed by atoms with Crippen LogP contribution in [0, 0.1) is 0 Å². The lowest BCUT2D eigenvalue weighted by atomic mass is 10.2. The number of carboxylic acid groups (broad SMARTS) is 1. The molecule has 100 valence electrons. The fourth-order valence-corrected chi connectivity index (χ4v) is 2.32. The SMILES string of the molecule is O=C(O)c1ccc(NS(=O)(=O)c2cnc[nH]2)c(O)c1. The predicted molar refractivity (Wildman–Crippen MR) is 64.5 cm³/mol. The zero-order valence-electron chi connectivity index (χ0n) is 9.36. The van der Waals surface area contributed by atoms with Gasteiger partial charge >= 0.3 is 5.97 Å². The third-order valence-corrected chi connectivity index (χ3v) is 3.54. The number of imidazole rings is 1. The normalized spacial score (nSPS) is 11.2. The molecule has 2 rings (SSSR count). The van der Waals surface area contributed by atoms with Gasteiger partial charge in [-0.1, -0.05) is 0 Å². The van der Waals surface area contributed by atoms with Crippen molar-refractivity contribution in [3.05, 3.63) is 36.3 Å². The Labute approximate surface area is 107 Å². The second kappa shape index (κ2) is 4.61. The van der Waals surface area contributed by atoms with Gasteiger partial charge in [-0.15, -0.1) is 0 Å². The number of aromatic amines is 1. The highest BCUT2D eigenvalue weighted by molar-refractivity contribution is 7.92. The van der Waals surface area contributed by atoms with Crippen LogP contribution >= 0.6 is 0 Å². The van der Waals surface area contributed by atoms with Gasteiger partial charge in [-0.05, 0) is 18.2 Å². The lowest BCUT2D eigenvalue weighted by molar-refractivity contribution is 0.0696.